The van der Waals surface area contributed by atoms with Gasteiger partial charge in [-0.1, -0.05) is 26.2 Å². The summed E-state index contributed by atoms with van der Waals surface area (Å²) in [6, 6.07) is 2.41. The number of carbonyl (C=O) groups is 2. The van der Waals surface area contributed by atoms with Crippen molar-refractivity contribution in [3.63, 3.8) is 0 Å². The fourth-order valence-corrected chi connectivity index (χ4v) is 5.14. The summed E-state index contributed by atoms with van der Waals surface area (Å²) in [7, 11) is 0. The number of aromatic nitrogens is 3. The summed E-state index contributed by atoms with van der Waals surface area (Å²) >= 11 is 0. The Morgan fingerprint density at radius 3 is 2.68 bits per heavy atom. The topological polar surface area (TPSA) is 79.6 Å². The summed E-state index contributed by atoms with van der Waals surface area (Å²) in [6.07, 6.45) is 8.60. The van der Waals surface area contributed by atoms with Crippen molar-refractivity contribution in [3.05, 3.63) is 28.7 Å². The van der Waals surface area contributed by atoms with E-state index in [0.717, 1.165) is 60.6 Å². The van der Waals surface area contributed by atoms with Gasteiger partial charge in [-0.2, -0.15) is 5.10 Å². The van der Waals surface area contributed by atoms with Crippen molar-refractivity contribution < 1.29 is 9.59 Å². The average molecular weight is 426 g/mol. The number of carbonyl (C=O) groups excluding carboxylic acids is 2. The van der Waals surface area contributed by atoms with Gasteiger partial charge in [0.1, 0.15) is 0 Å². The fraction of sp³-hybridized carbons (Fsp3) is 0.667. The van der Waals surface area contributed by atoms with E-state index in [1.54, 1.807) is 0 Å². The summed E-state index contributed by atoms with van der Waals surface area (Å²) in [6.45, 7) is 7.54. The smallest absolute Gasteiger partial charge is 0.222 e. The zero-order chi connectivity index (χ0) is 22.0. The van der Waals surface area contributed by atoms with Gasteiger partial charge in [0.15, 0.2) is 5.65 Å². The van der Waals surface area contributed by atoms with Gasteiger partial charge in [-0.05, 0) is 45.1 Å². The Morgan fingerprint density at radius 2 is 1.94 bits per heavy atom. The number of nitrogens with zero attached hydrogens (tertiary/aromatic N) is 4. The molecule has 0 spiro atoms. The monoisotopic (exact) mass is 425 g/mol. The lowest BCUT2D eigenvalue weighted by Crippen LogP contribution is -2.36. The van der Waals surface area contributed by atoms with Gasteiger partial charge in [-0.3, -0.25) is 9.59 Å². The van der Waals surface area contributed by atoms with Crippen LogP contribution in [0, 0.1) is 13.8 Å². The molecule has 4 rings (SSSR count). The Balaban J connectivity index is 1.45. The van der Waals surface area contributed by atoms with Crippen LogP contribution in [0.15, 0.2) is 6.07 Å². The third kappa shape index (κ3) is 4.75. The molecule has 7 heteroatoms. The molecule has 0 aromatic carbocycles. The number of likely N-dealkylation sites (tertiary alicyclic amines) is 1. The first kappa shape index (κ1) is 21.8. The predicted molar refractivity (Wildman–Crippen MR) is 120 cm³/mol. The van der Waals surface area contributed by atoms with Gasteiger partial charge in [0, 0.05) is 55.3 Å². The minimum absolute atomic E-state index is 0.138. The number of fused-ring (bicyclic) bond motifs is 1. The summed E-state index contributed by atoms with van der Waals surface area (Å²) in [5.41, 5.74) is 4.99. The maximum absolute atomic E-state index is 12.5. The highest BCUT2D eigenvalue weighted by Crippen LogP contribution is 2.28. The molecule has 0 bridgehead atoms. The molecule has 2 fully saturated rings. The van der Waals surface area contributed by atoms with Crippen LogP contribution in [0.5, 0.6) is 0 Å². The Hall–Kier alpha value is -2.44. The largest absolute Gasteiger partial charge is 0.353 e. The van der Waals surface area contributed by atoms with E-state index in [0.29, 0.717) is 25.3 Å². The molecule has 1 aliphatic heterocycles. The summed E-state index contributed by atoms with van der Waals surface area (Å²) in [4.78, 5) is 31.2. The minimum Gasteiger partial charge on any atom is -0.353 e. The van der Waals surface area contributed by atoms with Crippen LogP contribution in [0.1, 0.15) is 86.9 Å². The van der Waals surface area contributed by atoms with Crippen molar-refractivity contribution in [1.82, 2.24) is 24.8 Å². The van der Waals surface area contributed by atoms with E-state index in [1.165, 1.54) is 19.3 Å². The molecule has 3 heterocycles. The van der Waals surface area contributed by atoms with Gasteiger partial charge in [0.2, 0.25) is 11.8 Å². The van der Waals surface area contributed by atoms with Crippen LogP contribution >= 0.6 is 0 Å². The maximum Gasteiger partial charge on any atom is 0.222 e. The molecule has 2 aliphatic rings. The van der Waals surface area contributed by atoms with Gasteiger partial charge in [0.05, 0.1) is 5.69 Å². The highest BCUT2D eigenvalue weighted by molar-refractivity contribution is 5.77. The maximum atomic E-state index is 12.5. The van der Waals surface area contributed by atoms with Gasteiger partial charge < -0.3 is 10.2 Å². The highest BCUT2D eigenvalue weighted by Gasteiger charge is 2.29. The molecule has 1 saturated carbocycles. The number of aryl methyl sites for hydroxylation is 2. The predicted octanol–water partition coefficient (Wildman–Crippen LogP) is 3.45. The third-order valence-electron chi connectivity index (χ3n) is 7.02. The van der Waals surface area contributed by atoms with Crippen LogP contribution in [0.3, 0.4) is 0 Å². The molecule has 2 aromatic rings. The molecular formula is C24H35N5O2. The lowest BCUT2D eigenvalue weighted by molar-refractivity contribution is -0.129. The zero-order valence-electron chi connectivity index (χ0n) is 19.1. The quantitative estimate of drug-likeness (QED) is 0.769. The Kier molecular flexibility index (Phi) is 6.58. The first-order valence-electron chi connectivity index (χ1n) is 11.9. The van der Waals surface area contributed by atoms with Crippen molar-refractivity contribution in [2.24, 2.45) is 0 Å². The summed E-state index contributed by atoms with van der Waals surface area (Å²) in [5, 5.41) is 8.06. The summed E-state index contributed by atoms with van der Waals surface area (Å²) < 4.78 is 1.92. The second-order valence-corrected chi connectivity index (χ2v) is 9.18. The second-order valence-electron chi connectivity index (χ2n) is 9.18. The number of hydrogen-bond donors (Lipinski definition) is 1. The van der Waals surface area contributed by atoms with Gasteiger partial charge >= 0.3 is 0 Å². The molecule has 7 nitrogen and oxygen atoms in total. The second kappa shape index (κ2) is 9.37. The molecule has 1 atom stereocenters. The van der Waals surface area contributed by atoms with Crippen molar-refractivity contribution in [2.45, 2.75) is 90.5 Å². The van der Waals surface area contributed by atoms with Gasteiger partial charge in [-0.25, -0.2) is 9.50 Å². The Labute approximate surface area is 184 Å². The van der Waals surface area contributed by atoms with Crippen molar-refractivity contribution in [2.75, 3.05) is 13.1 Å². The van der Waals surface area contributed by atoms with E-state index >= 15 is 0 Å². The molecule has 1 N–H and O–H groups in total. The molecule has 168 valence electrons. The SMILES string of the molecule is CCC(=O)N1CCC(c2cc3nc(C)c(CCC(=O)NC4CCCCC4)c(C)n3n2)C1. The van der Waals surface area contributed by atoms with Crippen molar-refractivity contribution in [3.8, 4) is 0 Å². The average Bonchev–Trinajstić information content (AvgIpc) is 3.41. The normalized spacial score (nSPS) is 19.8. The van der Waals surface area contributed by atoms with Crippen molar-refractivity contribution in [1.29, 1.82) is 0 Å². The molecule has 2 amide bonds. The van der Waals surface area contributed by atoms with Crippen LogP contribution in [0.25, 0.3) is 5.65 Å². The van der Waals surface area contributed by atoms with Gasteiger partial charge in [0.25, 0.3) is 0 Å². The highest BCUT2D eigenvalue weighted by atomic mass is 16.2. The fourth-order valence-electron chi connectivity index (χ4n) is 5.14. The van der Waals surface area contributed by atoms with E-state index < -0.39 is 0 Å². The zero-order valence-corrected chi connectivity index (χ0v) is 19.1. The molecule has 1 aliphatic carbocycles. The molecule has 1 saturated heterocycles. The van der Waals surface area contributed by atoms with Crippen molar-refractivity contribution >= 4 is 17.5 Å². The van der Waals surface area contributed by atoms with E-state index in [4.69, 9.17) is 10.1 Å². The lowest BCUT2D eigenvalue weighted by Gasteiger charge is -2.22. The van der Waals surface area contributed by atoms with E-state index in [9.17, 15) is 9.59 Å². The van der Waals surface area contributed by atoms with E-state index in [-0.39, 0.29) is 17.7 Å². The first-order valence-corrected chi connectivity index (χ1v) is 11.9. The number of hydrogen-bond acceptors (Lipinski definition) is 4. The Bertz CT molecular complexity index is 961. The van der Waals surface area contributed by atoms with Gasteiger partial charge in [-0.15, -0.1) is 0 Å². The number of rotatable bonds is 6. The molecule has 2 aromatic heterocycles. The first-order chi connectivity index (χ1) is 15.0. The third-order valence-corrected chi connectivity index (χ3v) is 7.02. The van der Waals surface area contributed by atoms with E-state index in [1.807, 2.05) is 23.3 Å². The van der Waals surface area contributed by atoms with Crippen LogP contribution in [-0.4, -0.2) is 50.4 Å². The molecule has 1 unspecified atom stereocenters. The minimum atomic E-state index is 0.138. The lowest BCUT2D eigenvalue weighted by atomic mass is 9.95. The van der Waals surface area contributed by atoms with Crippen LogP contribution < -0.4 is 5.32 Å². The van der Waals surface area contributed by atoms with Crippen LogP contribution in [-0.2, 0) is 16.0 Å². The van der Waals surface area contributed by atoms with E-state index in [2.05, 4.69) is 18.3 Å². The molecule has 0 radical (unpaired) electrons. The van der Waals surface area contributed by atoms with Crippen LogP contribution in [0.4, 0.5) is 0 Å². The number of amides is 2. The Morgan fingerprint density at radius 1 is 1.16 bits per heavy atom. The number of nitrogens with one attached hydrogen (secondary N) is 1. The standard InChI is InChI=1S/C24H35N5O2/c1-4-24(31)28-13-12-18(15-28)21-14-22-25-16(2)20(17(3)29(22)27-21)10-11-23(30)26-19-8-6-5-7-9-19/h14,18-19H,4-13,15H2,1-3H3,(H,26,30). The van der Waals surface area contributed by atoms with Crippen LogP contribution in [0.2, 0.25) is 0 Å². The molecule has 31 heavy (non-hydrogen) atoms. The summed E-state index contributed by atoms with van der Waals surface area (Å²) in [5.74, 6) is 0.616. The molecular weight excluding hydrogens is 390 g/mol.